The van der Waals surface area contributed by atoms with Crippen molar-refractivity contribution in [1.82, 2.24) is 15.1 Å². The number of hydrogen-bond donors (Lipinski definition) is 0. The highest BCUT2D eigenvalue weighted by molar-refractivity contribution is 6.30. The largest absolute Gasteiger partial charge is 0.353 e. The van der Waals surface area contributed by atoms with Crippen LogP contribution in [0.15, 0.2) is 30.3 Å². The summed E-state index contributed by atoms with van der Waals surface area (Å²) >= 11 is 5.95. The van der Waals surface area contributed by atoms with Gasteiger partial charge < -0.3 is 4.90 Å². The van der Waals surface area contributed by atoms with Crippen molar-refractivity contribution in [2.75, 3.05) is 31.1 Å². The summed E-state index contributed by atoms with van der Waals surface area (Å²) < 4.78 is 0. The molecule has 2 heterocycles. The van der Waals surface area contributed by atoms with Crippen LogP contribution in [0.4, 0.5) is 5.82 Å². The van der Waals surface area contributed by atoms with Crippen LogP contribution in [0.25, 0.3) is 0 Å². The second-order valence-corrected chi connectivity index (χ2v) is 6.85. The summed E-state index contributed by atoms with van der Waals surface area (Å²) in [5, 5.41) is 9.65. The fourth-order valence-corrected chi connectivity index (χ4v) is 3.58. The molecule has 120 valence electrons. The van der Waals surface area contributed by atoms with Crippen LogP contribution < -0.4 is 4.90 Å². The Morgan fingerprint density at radius 2 is 1.74 bits per heavy atom. The maximum absolute atomic E-state index is 5.95. The summed E-state index contributed by atoms with van der Waals surface area (Å²) in [6.45, 7) is 5.13. The number of benzene rings is 1. The van der Waals surface area contributed by atoms with Crippen LogP contribution in [0.1, 0.15) is 23.2 Å². The molecule has 0 N–H and O–H groups in total. The van der Waals surface area contributed by atoms with Gasteiger partial charge in [-0.05, 0) is 48.6 Å². The van der Waals surface area contributed by atoms with Gasteiger partial charge in [-0.25, -0.2) is 0 Å². The molecule has 4 rings (SSSR count). The number of nitrogens with zero attached hydrogens (tertiary/aromatic N) is 4. The average molecular weight is 329 g/mol. The lowest BCUT2D eigenvalue weighted by molar-refractivity contribution is 0.249. The van der Waals surface area contributed by atoms with Crippen molar-refractivity contribution in [3.8, 4) is 0 Å². The fourth-order valence-electron chi connectivity index (χ4n) is 3.45. The lowest BCUT2D eigenvalue weighted by atomic mass is 10.2. The summed E-state index contributed by atoms with van der Waals surface area (Å²) in [7, 11) is 0. The van der Waals surface area contributed by atoms with Gasteiger partial charge in [-0.1, -0.05) is 23.7 Å². The second-order valence-electron chi connectivity index (χ2n) is 6.42. The highest BCUT2D eigenvalue weighted by Gasteiger charge is 2.21. The maximum atomic E-state index is 5.95. The number of aryl methyl sites for hydroxylation is 2. The molecule has 2 aromatic rings. The van der Waals surface area contributed by atoms with Crippen molar-refractivity contribution in [3.05, 3.63) is 52.2 Å². The van der Waals surface area contributed by atoms with Gasteiger partial charge >= 0.3 is 0 Å². The second kappa shape index (κ2) is 6.46. The average Bonchev–Trinajstić information content (AvgIpc) is 3.05. The highest BCUT2D eigenvalue weighted by Crippen LogP contribution is 2.23. The highest BCUT2D eigenvalue weighted by atomic mass is 35.5. The number of aromatic nitrogens is 2. The van der Waals surface area contributed by atoms with Crippen molar-refractivity contribution < 1.29 is 0 Å². The Morgan fingerprint density at radius 1 is 0.957 bits per heavy atom. The van der Waals surface area contributed by atoms with Gasteiger partial charge in [0, 0.05) is 37.7 Å². The van der Waals surface area contributed by atoms with E-state index in [9.17, 15) is 0 Å². The Morgan fingerprint density at radius 3 is 2.52 bits per heavy atom. The third kappa shape index (κ3) is 3.33. The van der Waals surface area contributed by atoms with Gasteiger partial charge in [0.05, 0.1) is 5.69 Å². The first-order chi connectivity index (χ1) is 11.3. The molecule has 1 aromatic heterocycles. The first-order valence-electron chi connectivity index (χ1n) is 8.35. The Kier molecular flexibility index (Phi) is 4.19. The molecule has 1 fully saturated rings. The Balaban J connectivity index is 1.36. The zero-order chi connectivity index (χ0) is 15.6. The molecule has 0 radical (unpaired) electrons. The van der Waals surface area contributed by atoms with Gasteiger partial charge in [0.1, 0.15) is 0 Å². The van der Waals surface area contributed by atoms with Gasteiger partial charge in [0.25, 0.3) is 0 Å². The predicted octanol–water partition coefficient (Wildman–Crippen LogP) is 2.94. The molecule has 0 saturated carbocycles. The van der Waals surface area contributed by atoms with Gasteiger partial charge in [-0.15, -0.1) is 5.10 Å². The van der Waals surface area contributed by atoms with E-state index in [1.165, 1.54) is 23.2 Å². The zero-order valence-corrected chi connectivity index (χ0v) is 14.0. The minimum absolute atomic E-state index is 0.800. The Labute approximate surface area is 142 Å². The molecule has 1 saturated heterocycles. The van der Waals surface area contributed by atoms with Gasteiger partial charge in [0.2, 0.25) is 0 Å². The lowest BCUT2D eigenvalue weighted by Gasteiger charge is -2.35. The summed E-state index contributed by atoms with van der Waals surface area (Å²) in [5.74, 6) is 1.05. The quantitative estimate of drug-likeness (QED) is 0.867. The summed E-state index contributed by atoms with van der Waals surface area (Å²) in [5.41, 5.74) is 3.92. The maximum Gasteiger partial charge on any atom is 0.151 e. The number of halogens is 1. The van der Waals surface area contributed by atoms with Gasteiger partial charge in [-0.3, -0.25) is 4.90 Å². The Bertz CT molecular complexity index is 678. The third-order valence-electron chi connectivity index (χ3n) is 4.82. The summed E-state index contributed by atoms with van der Waals surface area (Å²) in [6, 6.07) is 10.4. The molecule has 2 aliphatic rings. The molecule has 23 heavy (non-hydrogen) atoms. The zero-order valence-electron chi connectivity index (χ0n) is 13.2. The Hall–Kier alpha value is -1.65. The topological polar surface area (TPSA) is 32.3 Å². The fraction of sp³-hybridized carbons (Fsp3) is 0.444. The van der Waals surface area contributed by atoms with E-state index in [1.54, 1.807) is 0 Å². The van der Waals surface area contributed by atoms with E-state index in [1.807, 2.05) is 12.1 Å². The number of anilines is 1. The van der Waals surface area contributed by atoms with E-state index >= 15 is 0 Å². The summed E-state index contributed by atoms with van der Waals surface area (Å²) in [6.07, 6.45) is 3.48. The molecular formula is C18H21ClN4. The minimum atomic E-state index is 0.800. The molecule has 0 amide bonds. The van der Waals surface area contributed by atoms with Crippen LogP contribution in [0.5, 0.6) is 0 Å². The van der Waals surface area contributed by atoms with Crippen LogP contribution in [0, 0.1) is 0 Å². The molecule has 0 spiro atoms. The van der Waals surface area contributed by atoms with Crippen molar-refractivity contribution >= 4 is 17.4 Å². The lowest BCUT2D eigenvalue weighted by Crippen LogP contribution is -2.46. The SMILES string of the molecule is Clc1ccc(CN2CCN(c3cc4c(nn3)CCC4)CC2)cc1. The van der Waals surface area contributed by atoms with Crippen molar-refractivity contribution in [3.63, 3.8) is 0 Å². The van der Waals surface area contributed by atoms with E-state index < -0.39 is 0 Å². The van der Waals surface area contributed by atoms with Crippen LogP contribution in [-0.4, -0.2) is 41.3 Å². The van der Waals surface area contributed by atoms with Crippen molar-refractivity contribution in [2.45, 2.75) is 25.8 Å². The summed E-state index contributed by atoms with van der Waals surface area (Å²) in [4.78, 5) is 4.85. The number of rotatable bonds is 3. The molecule has 0 atom stereocenters. The number of hydrogen-bond acceptors (Lipinski definition) is 4. The molecule has 4 nitrogen and oxygen atoms in total. The molecule has 5 heteroatoms. The first kappa shape index (κ1) is 14.9. The van der Waals surface area contributed by atoms with Crippen LogP contribution in [0.3, 0.4) is 0 Å². The van der Waals surface area contributed by atoms with Gasteiger partial charge in [0.15, 0.2) is 5.82 Å². The third-order valence-corrected chi connectivity index (χ3v) is 5.07. The van der Waals surface area contributed by atoms with Crippen molar-refractivity contribution in [2.24, 2.45) is 0 Å². The van der Waals surface area contributed by atoms with Crippen LogP contribution in [-0.2, 0) is 19.4 Å². The molecule has 1 aliphatic heterocycles. The normalized spacial score (nSPS) is 18.2. The standard InChI is InChI=1S/C18H21ClN4/c19-16-6-4-14(5-7-16)13-22-8-10-23(11-9-22)18-12-15-2-1-3-17(15)20-21-18/h4-7,12H,1-3,8-11,13H2. The van der Waals surface area contributed by atoms with E-state index in [0.717, 1.165) is 56.4 Å². The van der Waals surface area contributed by atoms with Crippen LogP contribution in [0.2, 0.25) is 5.02 Å². The predicted molar refractivity (Wildman–Crippen MR) is 93.0 cm³/mol. The smallest absolute Gasteiger partial charge is 0.151 e. The molecular weight excluding hydrogens is 308 g/mol. The molecule has 0 bridgehead atoms. The first-order valence-corrected chi connectivity index (χ1v) is 8.73. The van der Waals surface area contributed by atoms with Gasteiger partial charge in [-0.2, -0.15) is 5.10 Å². The number of fused-ring (bicyclic) bond motifs is 1. The van der Waals surface area contributed by atoms with E-state index in [2.05, 4.69) is 38.2 Å². The molecule has 0 unspecified atom stereocenters. The monoisotopic (exact) mass is 328 g/mol. The molecule has 1 aliphatic carbocycles. The van der Waals surface area contributed by atoms with Crippen LogP contribution >= 0.6 is 11.6 Å². The molecule has 1 aromatic carbocycles. The van der Waals surface area contributed by atoms with E-state index in [0.29, 0.717) is 0 Å². The van der Waals surface area contributed by atoms with E-state index in [-0.39, 0.29) is 0 Å². The van der Waals surface area contributed by atoms with Crippen molar-refractivity contribution in [1.29, 1.82) is 0 Å². The van der Waals surface area contributed by atoms with E-state index in [4.69, 9.17) is 11.6 Å². The minimum Gasteiger partial charge on any atom is -0.353 e. The number of piperazine rings is 1.